The van der Waals surface area contributed by atoms with Gasteiger partial charge in [-0.2, -0.15) is 0 Å². The number of rotatable bonds is 6. The molecular formula is C13H20N2O3. The molecule has 0 unspecified atom stereocenters. The SMILES string of the molecule is CCOc1ccc(C[C@H](N)COC(=O)NC)cc1. The molecule has 0 saturated carbocycles. The van der Waals surface area contributed by atoms with Crippen LogP contribution in [0.15, 0.2) is 24.3 Å². The van der Waals surface area contributed by atoms with Crippen molar-refractivity contribution in [3.8, 4) is 5.75 Å². The van der Waals surface area contributed by atoms with E-state index in [0.29, 0.717) is 13.0 Å². The Balaban J connectivity index is 2.39. The van der Waals surface area contributed by atoms with E-state index in [1.807, 2.05) is 31.2 Å². The zero-order chi connectivity index (χ0) is 13.4. The van der Waals surface area contributed by atoms with Crippen molar-refractivity contribution >= 4 is 6.09 Å². The number of nitrogens with two attached hydrogens (primary N) is 1. The van der Waals surface area contributed by atoms with Crippen LogP contribution in [-0.4, -0.2) is 32.4 Å². The van der Waals surface area contributed by atoms with Crippen LogP contribution in [0.25, 0.3) is 0 Å². The van der Waals surface area contributed by atoms with E-state index >= 15 is 0 Å². The predicted octanol–water partition coefficient (Wildman–Crippen LogP) is 1.31. The Bertz CT molecular complexity index is 365. The van der Waals surface area contributed by atoms with Crippen molar-refractivity contribution in [2.45, 2.75) is 19.4 Å². The van der Waals surface area contributed by atoms with E-state index in [1.54, 1.807) is 0 Å². The first-order valence-corrected chi connectivity index (χ1v) is 5.97. The van der Waals surface area contributed by atoms with Crippen LogP contribution >= 0.6 is 0 Å². The van der Waals surface area contributed by atoms with Crippen LogP contribution in [0.3, 0.4) is 0 Å². The molecular weight excluding hydrogens is 232 g/mol. The summed E-state index contributed by atoms with van der Waals surface area (Å²) in [5.41, 5.74) is 6.96. The highest BCUT2D eigenvalue weighted by molar-refractivity contribution is 5.66. The molecule has 0 bridgehead atoms. The second-order valence-corrected chi connectivity index (χ2v) is 3.89. The van der Waals surface area contributed by atoms with Crippen molar-refractivity contribution in [2.75, 3.05) is 20.3 Å². The topological polar surface area (TPSA) is 73.6 Å². The lowest BCUT2D eigenvalue weighted by Gasteiger charge is -2.12. The second kappa shape index (κ2) is 7.55. The molecule has 0 aliphatic rings. The molecule has 0 aliphatic carbocycles. The largest absolute Gasteiger partial charge is 0.494 e. The number of carbonyl (C=O) groups excluding carboxylic acids is 1. The minimum Gasteiger partial charge on any atom is -0.494 e. The molecule has 1 aromatic carbocycles. The van der Waals surface area contributed by atoms with Crippen LogP contribution in [0.4, 0.5) is 4.79 Å². The molecule has 0 fully saturated rings. The number of hydrogen-bond donors (Lipinski definition) is 2. The van der Waals surface area contributed by atoms with Gasteiger partial charge in [-0.3, -0.25) is 0 Å². The van der Waals surface area contributed by atoms with E-state index in [-0.39, 0.29) is 12.6 Å². The zero-order valence-electron chi connectivity index (χ0n) is 10.8. The van der Waals surface area contributed by atoms with Gasteiger partial charge in [-0.15, -0.1) is 0 Å². The van der Waals surface area contributed by atoms with Gasteiger partial charge < -0.3 is 20.5 Å². The summed E-state index contributed by atoms with van der Waals surface area (Å²) >= 11 is 0. The Morgan fingerprint density at radius 1 is 1.39 bits per heavy atom. The van der Waals surface area contributed by atoms with Crippen molar-refractivity contribution in [1.29, 1.82) is 0 Å². The van der Waals surface area contributed by atoms with Crippen molar-refractivity contribution in [3.05, 3.63) is 29.8 Å². The molecule has 100 valence electrons. The van der Waals surface area contributed by atoms with E-state index in [0.717, 1.165) is 11.3 Å². The Labute approximate surface area is 107 Å². The number of carbonyl (C=O) groups is 1. The normalized spacial score (nSPS) is 11.7. The Kier molecular flexibility index (Phi) is 6.00. The van der Waals surface area contributed by atoms with Crippen LogP contribution < -0.4 is 15.8 Å². The smallest absolute Gasteiger partial charge is 0.406 e. The molecule has 1 aromatic rings. The number of hydrogen-bond acceptors (Lipinski definition) is 4. The summed E-state index contributed by atoms with van der Waals surface area (Å²) in [5.74, 6) is 0.844. The lowest BCUT2D eigenvalue weighted by atomic mass is 10.1. The van der Waals surface area contributed by atoms with Gasteiger partial charge in [0, 0.05) is 13.1 Å². The van der Waals surface area contributed by atoms with Crippen LogP contribution in [0, 0.1) is 0 Å². The molecule has 3 N–H and O–H groups in total. The molecule has 0 heterocycles. The van der Waals surface area contributed by atoms with Gasteiger partial charge in [0.25, 0.3) is 0 Å². The van der Waals surface area contributed by atoms with Crippen LogP contribution in [0.5, 0.6) is 5.75 Å². The Morgan fingerprint density at radius 2 is 2.06 bits per heavy atom. The van der Waals surface area contributed by atoms with Gasteiger partial charge in [-0.25, -0.2) is 4.79 Å². The lowest BCUT2D eigenvalue weighted by molar-refractivity contribution is 0.141. The molecule has 1 atom stereocenters. The third-order valence-corrected chi connectivity index (χ3v) is 2.36. The van der Waals surface area contributed by atoms with E-state index in [2.05, 4.69) is 5.32 Å². The van der Waals surface area contributed by atoms with Crippen molar-refractivity contribution in [3.63, 3.8) is 0 Å². The minimum atomic E-state index is -0.461. The van der Waals surface area contributed by atoms with Gasteiger partial charge >= 0.3 is 6.09 Å². The first kappa shape index (κ1) is 14.3. The Morgan fingerprint density at radius 3 is 2.61 bits per heavy atom. The molecule has 0 aliphatic heterocycles. The van der Waals surface area contributed by atoms with Crippen molar-refractivity contribution in [2.24, 2.45) is 5.73 Å². The summed E-state index contributed by atoms with van der Waals surface area (Å²) in [6.45, 7) is 2.80. The summed E-state index contributed by atoms with van der Waals surface area (Å²) in [4.78, 5) is 10.9. The molecule has 1 rings (SSSR count). The molecule has 5 heteroatoms. The maximum absolute atomic E-state index is 10.9. The quantitative estimate of drug-likeness (QED) is 0.800. The van der Waals surface area contributed by atoms with Crippen LogP contribution in [0.1, 0.15) is 12.5 Å². The monoisotopic (exact) mass is 252 g/mol. The highest BCUT2D eigenvalue weighted by atomic mass is 16.5. The number of ether oxygens (including phenoxy) is 2. The number of amides is 1. The van der Waals surface area contributed by atoms with E-state index < -0.39 is 6.09 Å². The number of nitrogens with one attached hydrogen (secondary N) is 1. The average molecular weight is 252 g/mol. The first-order valence-electron chi connectivity index (χ1n) is 5.97. The minimum absolute atomic E-state index is 0.201. The first-order chi connectivity index (χ1) is 8.65. The zero-order valence-corrected chi connectivity index (χ0v) is 10.8. The van der Waals surface area contributed by atoms with Gasteiger partial charge in [-0.05, 0) is 31.0 Å². The fraction of sp³-hybridized carbons (Fsp3) is 0.462. The van der Waals surface area contributed by atoms with Crippen LogP contribution in [0.2, 0.25) is 0 Å². The standard InChI is InChI=1S/C13H20N2O3/c1-3-17-12-6-4-10(5-7-12)8-11(14)9-18-13(16)15-2/h4-7,11H,3,8-9,14H2,1-2H3,(H,15,16)/t11-/m0/s1. The van der Waals surface area contributed by atoms with Gasteiger partial charge in [0.2, 0.25) is 0 Å². The van der Waals surface area contributed by atoms with Gasteiger partial charge in [0.15, 0.2) is 0 Å². The fourth-order valence-corrected chi connectivity index (χ4v) is 1.50. The maximum Gasteiger partial charge on any atom is 0.406 e. The second-order valence-electron chi connectivity index (χ2n) is 3.89. The molecule has 0 radical (unpaired) electrons. The van der Waals surface area contributed by atoms with Gasteiger partial charge in [-0.1, -0.05) is 12.1 Å². The fourth-order valence-electron chi connectivity index (χ4n) is 1.50. The van der Waals surface area contributed by atoms with Crippen molar-refractivity contribution in [1.82, 2.24) is 5.32 Å². The number of benzene rings is 1. The predicted molar refractivity (Wildman–Crippen MR) is 69.7 cm³/mol. The lowest BCUT2D eigenvalue weighted by Crippen LogP contribution is -2.32. The third-order valence-electron chi connectivity index (χ3n) is 2.36. The summed E-state index contributed by atoms with van der Waals surface area (Å²) in [6.07, 6.45) is 0.195. The maximum atomic E-state index is 10.9. The summed E-state index contributed by atoms with van der Waals surface area (Å²) in [6, 6.07) is 7.53. The van der Waals surface area contributed by atoms with E-state index in [1.165, 1.54) is 7.05 Å². The molecule has 18 heavy (non-hydrogen) atoms. The molecule has 5 nitrogen and oxygen atoms in total. The molecule has 1 amide bonds. The highest BCUT2D eigenvalue weighted by Gasteiger charge is 2.07. The van der Waals surface area contributed by atoms with Gasteiger partial charge in [0.1, 0.15) is 12.4 Å². The highest BCUT2D eigenvalue weighted by Crippen LogP contribution is 2.13. The summed E-state index contributed by atoms with van der Waals surface area (Å²) in [7, 11) is 1.51. The molecule has 0 spiro atoms. The number of alkyl carbamates (subject to hydrolysis) is 1. The average Bonchev–Trinajstić information content (AvgIpc) is 2.38. The summed E-state index contributed by atoms with van der Waals surface area (Å²) < 4.78 is 10.2. The van der Waals surface area contributed by atoms with Crippen LogP contribution in [-0.2, 0) is 11.2 Å². The van der Waals surface area contributed by atoms with E-state index in [4.69, 9.17) is 15.2 Å². The van der Waals surface area contributed by atoms with E-state index in [9.17, 15) is 4.79 Å². The Hall–Kier alpha value is -1.75. The summed E-state index contributed by atoms with van der Waals surface area (Å²) in [5, 5.41) is 2.37. The molecule has 0 aromatic heterocycles. The third kappa shape index (κ3) is 5.05. The molecule has 0 saturated heterocycles. The van der Waals surface area contributed by atoms with Crippen molar-refractivity contribution < 1.29 is 14.3 Å². The van der Waals surface area contributed by atoms with Gasteiger partial charge in [0.05, 0.1) is 6.61 Å².